The number of aromatic nitrogens is 1. The maximum Gasteiger partial charge on any atom is 0.262 e. The lowest BCUT2D eigenvalue weighted by atomic mass is 10.2. The number of hydrogen-bond donors (Lipinski definition) is 1. The Hall–Kier alpha value is -1.82. The second-order valence-corrected chi connectivity index (χ2v) is 7.10. The molecule has 0 unspecified atom stereocenters. The summed E-state index contributed by atoms with van der Waals surface area (Å²) in [5.74, 6) is 0.0408. The molecule has 3 aromatic rings. The smallest absolute Gasteiger partial charge is 0.262 e. The molecule has 3 rings (SSSR count). The van der Waals surface area contributed by atoms with Gasteiger partial charge in [0.2, 0.25) is 0 Å². The summed E-state index contributed by atoms with van der Waals surface area (Å²) in [4.78, 5) is 16.6. The van der Waals surface area contributed by atoms with E-state index in [0.717, 1.165) is 15.6 Å². The van der Waals surface area contributed by atoms with Crippen molar-refractivity contribution < 1.29 is 9.53 Å². The molecule has 1 amide bonds. The quantitative estimate of drug-likeness (QED) is 0.573. The molecule has 0 radical (unpaired) electrons. The summed E-state index contributed by atoms with van der Waals surface area (Å²) in [6, 6.07) is 12.6. The second kappa shape index (κ2) is 7.60. The van der Waals surface area contributed by atoms with Gasteiger partial charge in [0, 0.05) is 21.2 Å². The summed E-state index contributed by atoms with van der Waals surface area (Å²) in [5, 5.41) is 4.28. The van der Waals surface area contributed by atoms with E-state index in [9.17, 15) is 4.79 Å². The molecule has 0 saturated heterocycles. The van der Waals surface area contributed by atoms with Crippen molar-refractivity contribution in [3.63, 3.8) is 0 Å². The van der Waals surface area contributed by atoms with Crippen LogP contribution in [0.1, 0.15) is 5.69 Å². The van der Waals surface area contributed by atoms with Gasteiger partial charge in [-0.05, 0) is 43.3 Å². The highest BCUT2D eigenvalue weighted by molar-refractivity contribution is 9.10. The van der Waals surface area contributed by atoms with Gasteiger partial charge in [-0.3, -0.25) is 4.79 Å². The largest absolute Gasteiger partial charge is 0.480 e. The van der Waals surface area contributed by atoms with E-state index in [1.165, 1.54) is 0 Å². The van der Waals surface area contributed by atoms with Gasteiger partial charge in [-0.25, -0.2) is 4.98 Å². The SMILES string of the molecule is Cc1ccc2c(Cl)cc(Cl)c(OCC(=O)Nc3cccc(Br)c3)c2n1. The topological polar surface area (TPSA) is 51.2 Å². The van der Waals surface area contributed by atoms with Gasteiger partial charge < -0.3 is 10.1 Å². The number of carbonyl (C=O) groups excluding carboxylic acids is 1. The third kappa shape index (κ3) is 4.24. The molecule has 128 valence electrons. The van der Waals surface area contributed by atoms with Gasteiger partial charge in [-0.2, -0.15) is 0 Å². The number of carbonyl (C=O) groups is 1. The first-order chi connectivity index (χ1) is 11.9. The third-order valence-electron chi connectivity index (χ3n) is 3.43. The highest BCUT2D eigenvalue weighted by Crippen LogP contribution is 2.37. The van der Waals surface area contributed by atoms with E-state index in [4.69, 9.17) is 27.9 Å². The minimum Gasteiger partial charge on any atom is -0.480 e. The van der Waals surface area contributed by atoms with Crippen molar-refractivity contribution >= 4 is 61.6 Å². The number of nitrogens with one attached hydrogen (secondary N) is 1. The van der Waals surface area contributed by atoms with Gasteiger partial charge in [0.1, 0.15) is 5.52 Å². The number of fused-ring (bicyclic) bond motifs is 1. The minimum atomic E-state index is -0.301. The van der Waals surface area contributed by atoms with E-state index in [0.29, 0.717) is 27.0 Å². The lowest BCUT2D eigenvalue weighted by molar-refractivity contribution is -0.118. The highest BCUT2D eigenvalue weighted by Gasteiger charge is 2.15. The van der Waals surface area contributed by atoms with Crippen LogP contribution in [0.2, 0.25) is 10.0 Å². The van der Waals surface area contributed by atoms with Crippen LogP contribution in [-0.4, -0.2) is 17.5 Å². The summed E-state index contributed by atoms with van der Waals surface area (Å²) < 4.78 is 6.52. The van der Waals surface area contributed by atoms with Crippen molar-refractivity contribution in [2.45, 2.75) is 6.92 Å². The zero-order valence-corrected chi connectivity index (χ0v) is 16.2. The van der Waals surface area contributed by atoms with Crippen molar-refractivity contribution in [1.82, 2.24) is 4.98 Å². The molecule has 0 fully saturated rings. The predicted octanol–water partition coefficient (Wildman–Crippen LogP) is 5.63. The molecule has 0 bridgehead atoms. The Bertz CT molecular complexity index is 963. The summed E-state index contributed by atoms with van der Waals surface area (Å²) >= 11 is 15.8. The number of rotatable bonds is 4. The van der Waals surface area contributed by atoms with E-state index in [2.05, 4.69) is 26.2 Å². The minimum absolute atomic E-state index is 0.196. The molecule has 1 N–H and O–H groups in total. The first-order valence-corrected chi connectivity index (χ1v) is 8.92. The molecule has 0 spiro atoms. The molecular formula is C18H13BrCl2N2O2. The number of benzene rings is 2. The number of hydrogen-bond acceptors (Lipinski definition) is 3. The number of nitrogens with zero attached hydrogens (tertiary/aromatic N) is 1. The molecule has 0 atom stereocenters. The van der Waals surface area contributed by atoms with Crippen molar-refractivity contribution in [3.8, 4) is 5.75 Å². The van der Waals surface area contributed by atoms with Gasteiger partial charge in [0.05, 0.1) is 10.0 Å². The third-order valence-corrected chi connectivity index (χ3v) is 4.52. The van der Waals surface area contributed by atoms with E-state index < -0.39 is 0 Å². The number of halogens is 3. The second-order valence-electron chi connectivity index (χ2n) is 5.37. The van der Waals surface area contributed by atoms with Crippen LogP contribution in [0.5, 0.6) is 5.75 Å². The fourth-order valence-corrected chi connectivity index (χ4v) is 3.30. The zero-order chi connectivity index (χ0) is 18.0. The van der Waals surface area contributed by atoms with E-state index in [-0.39, 0.29) is 12.5 Å². The van der Waals surface area contributed by atoms with Crippen LogP contribution >= 0.6 is 39.1 Å². The Labute approximate surface area is 163 Å². The van der Waals surface area contributed by atoms with Crippen LogP contribution in [0.3, 0.4) is 0 Å². The first kappa shape index (κ1) is 18.0. The number of amides is 1. The molecule has 0 saturated carbocycles. The molecule has 4 nitrogen and oxygen atoms in total. The fourth-order valence-electron chi connectivity index (χ4n) is 2.33. The van der Waals surface area contributed by atoms with Crippen LogP contribution in [0, 0.1) is 6.92 Å². The average molecular weight is 440 g/mol. The van der Waals surface area contributed by atoms with Crippen LogP contribution in [-0.2, 0) is 4.79 Å². The van der Waals surface area contributed by atoms with Crippen LogP contribution in [0.25, 0.3) is 10.9 Å². The molecule has 7 heteroatoms. The molecule has 0 aliphatic rings. The maximum absolute atomic E-state index is 12.1. The van der Waals surface area contributed by atoms with Crippen LogP contribution in [0.15, 0.2) is 46.9 Å². The van der Waals surface area contributed by atoms with Crippen LogP contribution < -0.4 is 10.1 Å². The Morgan fingerprint density at radius 1 is 1.20 bits per heavy atom. The van der Waals surface area contributed by atoms with Gasteiger partial charge in [-0.1, -0.05) is 45.2 Å². The summed E-state index contributed by atoms with van der Waals surface area (Å²) in [6.45, 7) is 1.66. The van der Waals surface area contributed by atoms with Crippen molar-refractivity contribution in [2.75, 3.05) is 11.9 Å². The maximum atomic E-state index is 12.1. The fraction of sp³-hybridized carbons (Fsp3) is 0.111. The number of ether oxygens (including phenoxy) is 1. The first-order valence-electron chi connectivity index (χ1n) is 7.37. The summed E-state index contributed by atoms with van der Waals surface area (Å²) in [5.41, 5.74) is 2.01. The highest BCUT2D eigenvalue weighted by atomic mass is 79.9. The number of pyridine rings is 1. The van der Waals surface area contributed by atoms with Gasteiger partial charge in [-0.15, -0.1) is 0 Å². The predicted molar refractivity (Wildman–Crippen MR) is 105 cm³/mol. The van der Waals surface area contributed by atoms with Crippen molar-refractivity contribution in [2.24, 2.45) is 0 Å². The van der Waals surface area contributed by atoms with E-state index in [1.54, 1.807) is 18.2 Å². The molecule has 1 heterocycles. The summed E-state index contributed by atoms with van der Waals surface area (Å²) in [6.07, 6.45) is 0. The van der Waals surface area contributed by atoms with Gasteiger partial charge in [0.15, 0.2) is 12.4 Å². The standard InChI is InChI=1S/C18H13BrCl2N2O2/c1-10-5-6-13-14(20)8-15(21)18(17(13)22-10)25-9-16(24)23-12-4-2-3-11(19)7-12/h2-8H,9H2,1H3,(H,23,24). The van der Waals surface area contributed by atoms with Crippen LogP contribution in [0.4, 0.5) is 5.69 Å². The molecule has 0 aliphatic carbocycles. The molecule has 2 aromatic carbocycles. The lowest BCUT2D eigenvalue weighted by Gasteiger charge is -2.12. The molecular weight excluding hydrogens is 427 g/mol. The monoisotopic (exact) mass is 438 g/mol. The Balaban J connectivity index is 1.81. The van der Waals surface area contributed by atoms with Gasteiger partial charge >= 0.3 is 0 Å². The van der Waals surface area contributed by atoms with Crippen molar-refractivity contribution in [1.29, 1.82) is 0 Å². The molecule has 25 heavy (non-hydrogen) atoms. The number of anilines is 1. The average Bonchev–Trinajstić information content (AvgIpc) is 2.54. The van der Waals surface area contributed by atoms with Gasteiger partial charge in [0.25, 0.3) is 5.91 Å². The van der Waals surface area contributed by atoms with Crippen molar-refractivity contribution in [3.05, 3.63) is 62.7 Å². The zero-order valence-electron chi connectivity index (χ0n) is 13.1. The Morgan fingerprint density at radius 3 is 2.76 bits per heavy atom. The normalized spacial score (nSPS) is 10.7. The summed E-state index contributed by atoms with van der Waals surface area (Å²) in [7, 11) is 0. The number of aryl methyl sites for hydroxylation is 1. The van der Waals surface area contributed by atoms with E-state index >= 15 is 0 Å². The molecule has 1 aromatic heterocycles. The Kier molecular flexibility index (Phi) is 5.47. The lowest BCUT2D eigenvalue weighted by Crippen LogP contribution is -2.20. The van der Waals surface area contributed by atoms with E-state index in [1.807, 2.05) is 31.2 Å². The molecule has 0 aliphatic heterocycles. The Morgan fingerprint density at radius 2 is 2.00 bits per heavy atom.